The number of hydrogen-bond acceptors (Lipinski definition) is 5. The summed E-state index contributed by atoms with van der Waals surface area (Å²) in [6.45, 7) is 9.88. The fourth-order valence-corrected chi connectivity index (χ4v) is 6.02. The van der Waals surface area contributed by atoms with E-state index in [0.717, 1.165) is 17.4 Å². The van der Waals surface area contributed by atoms with E-state index in [4.69, 9.17) is 4.74 Å². The number of aliphatic imine (C=N–C) groups is 1. The van der Waals surface area contributed by atoms with Crippen molar-refractivity contribution in [2.45, 2.75) is 57.2 Å². The molecule has 1 aliphatic heterocycles. The van der Waals surface area contributed by atoms with Crippen molar-refractivity contribution in [3.8, 4) is 0 Å². The number of nitrogens with one attached hydrogen (secondary N) is 2. The molecule has 0 atom stereocenters. The third-order valence-electron chi connectivity index (χ3n) is 5.05. The van der Waals surface area contributed by atoms with Crippen LogP contribution in [0.3, 0.4) is 0 Å². The predicted molar refractivity (Wildman–Crippen MR) is 120 cm³/mol. The number of sulfonamides is 1. The number of rotatable bonds is 10. The first kappa shape index (κ1) is 24.1. The molecular formula is C20H36N4O3S2. The first-order valence-corrected chi connectivity index (χ1v) is 12.7. The molecule has 7 nitrogen and oxygen atoms in total. The summed E-state index contributed by atoms with van der Waals surface area (Å²) in [6.07, 6.45) is 4.92. The van der Waals surface area contributed by atoms with Crippen LogP contribution >= 0.6 is 11.3 Å². The molecule has 1 aromatic heterocycles. The third-order valence-corrected chi connectivity index (χ3v) is 8.50. The largest absolute Gasteiger partial charge is 0.379 e. The summed E-state index contributed by atoms with van der Waals surface area (Å²) in [5, 5.41) is 6.69. The smallest absolute Gasteiger partial charge is 0.252 e. The summed E-state index contributed by atoms with van der Waals surface area (Å²) in [5.41, 5.74) is 0.203. The van der Waals surface area contributed by atoms with Crippen LogP contribution in [0.2, 0.25) is 0 Å². The lowest BCUT2D eigenvalue weighted by molar-refractivity contribution is 0.0731. The summed E-state index contributed by atoms with van der Waals surface area (Å²) in [6, 6.07) is 3.56. The lowest BCUT2D eigenvalue weighted by atomic mass is 9.87. The van der Waals surface area contributed by atoms with E-state index in [1.165, 1.54) is 41.3 Å². The lowest BCUT2D eigenvalue weighted by Crippen LogP contribution is -2.41. The Kier molecular flexibility index (Phi) is 9.39. The molecule has 1 saturated heterocycles. The molecule has 0 bridgehead atoms. The van der Waals surface area contributed by atoms with Gasteiger partial charge in [0.2, 0.25) is 0 Å². The van der Waals surface area contributed by atoms with Crippen LogP contribution in [0.4, 0.5) is 0 Å². The van der Waals surface area contributed by atoms with Crippen molar-refractivity contribution in [2.75, 3.05) is 39.9 Å². The van der Waals surface area contributed by atoms with E-state index in [1.807, 2.05) is 6.07 Å². The van der Waals surface area contributed by atoms with Gasteiger partial charge < -0.3 is 15.4 Å². The Morgan fingerprint density at radius 1 is 1.24 bits per heavy atom. The maximum Gasteiger partial charge on any atom is 0.252 e. The summed E-state index contributed by atoms with van der Waals surface area (Å²) in [5.74, 6) is 0.736. The molecule has 29 heavy (non-hydrogen) atoms. The zero-order chi connectivity index (χ0) is 21.3. The number of nitrogens with zero attached hydrogens (tertiary/aromatic N) is 2. The monoisotopic (exact) mass is 444 g/mol. The summed E-state index contributed by atoms with van der Waals surface area (Å²) < 4.78 is 32.6. The van der Waals surface area contributed by atoms with Gasteiger partial charge >= 0.3 is 0 Å². The number of guanidine groups is 1. The molecule has 1 fully saturated rings. The van der Waals surface area contributed by atoms with Gasteiger partial charge in [0, 0.05) is 31.6 Å². The molecule has 166 valence electrons. The molecule has 0 unspecified atom stereocenters. The standard InChI is InChI=1S/C20H36N4O3S2/c1-5-6-7-10-20(2,3)16-23-19(21-4)22-15-17-8-9-18(28-17)29(25,26)24-11-13-27-14-12-24/h8-9H,5-7,10-16H2,1-4H3,(H2,21,22,23). The van der Waals surface area contributed by atoms with Gasteiger partial charge in [0.15, 0.2) is 5.96 Å². The van der Waals surface area contributed by atoms with Crippen molar-refractivity contribution >= 4 is 27.3 Å². The van der Waals surface area contributed by atoms with Gasteiger partial charge in [-0.2, -0.15) is 4.31 Å². The Morgan fingerprint density at radius 3 is 2.62 bits per heavy atom. The molecule has 2 N–H and O–H groups in total. The number of thiophene rings is 1. The second-order valence-electron chi connectivity index (χ2n) is 8.14. The predicted octanol–water partition coefficient (Wildman–Crippen LogP) is 3.04. The minimum Gasteiger partial charge on any atom is -0.379 e. The van der Waals surface area contributed by atoms with Crippen molar-refractivity contribution in [1.82, 2.24) is 14.9 Å². The van der Waals surface area contributed by atoms with Crippen LogP contribution in [0, 0.1) is 5.41 Å². The number of unbranched alkanes of at least 4 members (excludes halogenated alkanes) is 2. The molecule has 0 spiro atoms. The quantitative estimate of drug-likeness (QED) is 0.329. The highest BCUT2D eigenvalue weighted by Crippen LogP contribution is 2.26. The van der Waals surface area contributed by atoms with Crippen molar-refractivity contribution in [1.29, 1.82) is 0 Å². The highest BCUT2D eigenvalue weighted by Gasteiger charge is 2.27. The Balaban J connectivity index is 1.85. The summed E-state index contributed by atoms with van der Waals surface area (Å²) in [4.78, 5) is 5.25. The maximum absolute atomic E-state index is 12.7. The maximum atomic E-state index is 12.7. The molecule has 0 aliphatic carbocycles. The van der Waals surface area contributed by atoms with Crippen LogP contribution in [-0.2, 0) is 21.3 Å². The van der Waals surface area contributed by atoms with Gasteiger partial charge in [-0.15, -0.1) is 11.3 Å². The van der Waals surface area contributed by atoms with Gasteiger partial charge in [-0.3, -0.25) is 4.99 Å². The minimum atomic E-state index is -3.43. The van der Waals surface area contributed by atoms with Crippen LogP contribution in [0.1, 0.15) is 51.3 Å². The second-order valence-corrected chi connectivity index (χ2v) is 11.5. The lowest BCUT2D eigenvalue weighted by Gasteiger charge is -2.26. The highest BCUT2D eigenvalue weighted by molar-refractivity contribution is 7.91. The van der Waals surface area contributed by atoms with E-state index in [2.05, 4.69) is 36.4 Å². The van der Waals surface area contributed by atoms with E-state index < -0.39 is 10.0 Å². The Labute approximate surface area is 180 Å². The molecule has 1 aliphatic rings. The average molecular weight is 445 g/mol. The Hall–Kier alpha value is -1.16. The van der Waals surface area contributed by atoms with E-state index in [-0.39, 0.29) is 5.41 Å². The van der Waals surface area contributed by atoms with Gasteiger partial charge in [-0.1, -0.05) is 40.0 Å². The molecule has 0 radical (unpaired) electrons. The summed E-state index contributed by atoms with van der Waals surface area (Å²) >= 11 is 1.31. The van der Waals surface area contributed by atoms with Crippen molar-refractivity contribution in [2.24, 2.45) is 10.4 Å². The van der Waals surface area contributed by atoms with Gasteiger partial charge in [0.1, 0.15) is 4.21 Å². The number of ether oxygens (including phenoxy) is 1. The number of hydrogen-bond donors (Lipinski definition) is 2. The first-order chi connectivity index (χ1) is 13.8. The molecule has 0 aromatic carbocycles. The SMILES string of the molecule is CCCCCC(C)(C)CNC(=NC)NCc1ccc(S(=O)(=O)N2CCOCC2)s1. The van der Waals surface area contributed by atoms with Crippen LogP contribution in [-0.4, -0.2) is 58.6 Å². The van der Waals surface area contributed by atoms with Crippen LogP contribution in [0.5, 0.6) is 0 Å². The van der Waals surface area contributed by atoms with Gasteiger partial charge in [0.25, 0.3) is 10.0 Å². The molecule has 2 heterocycles. The third kappa shape index (κ3) is 7.55. The molecule has 0 saturated carbocycles. The zero-order valence-corrected chi connectivity index (χ0v) is 19.8. The van der Waals surface area contributed by atoms with Gasteiger partial charge in [-0.05, 0) is 24.0 Å². The van der Waals surface area contributed by atoms with Crippen LogP contribution in [0.25, 0.3) is 0 Å². The summed E-state index contributed by atoms with van der Waals surface area (Å²) in [7, 11) is -1.68. The van der Waals surface area contributed by atoms with E-state index in [9.17, 15) is 8.42 Å². The fourth-order valence-electron chi connectivity index (χ4n) is 3.16. The van der Waals surface area contributed by atoms with E-state index >= 15 is 0 Å². The number of morpholine rings is 1. The Morgan fingerprint density at radius 2 is 1.97 bits per heavy atom. The van der Waals surface area contributed by atoms with E-state index in [0.29, 0.717) is 37.1 Å². The minimum absolute atomic E-state index is 0.203. The second kappa shape index (κ2) is 11.3. The topological polar surface area (TPSA) is 83.0 Å². The van der Waals surface area contributed by atoms with Gasteiger partial charge in [-0.25, -0.2) is 8.42 Å². The zero-order valence-electron chi connectivity index (χ0n) is 18.2. The Bertz CT molecular complexity index is 754. The van der Waals surface area contributed by atoms with Crippen LogP contribution in [0.15, 0.2) is 21.3 Å². The molecule has 9 heteroatoms. The van der Waals surface area contributed by atoms with Crippen LogP contribution < -0.4 is 10.6 Å². The van der Waals surface area contributed by atoms with Crippen molar-refractivity contribution in [3.05, 3.63) is 17.0 Å². The van der Waals surface area contributed by atoms with Gasteiger partial charge in [0.05, 0.1) is 19.8 Å². The molecule has 2 rings (SSSR count). The molecule has 0 amide bonds. The normalized spacial score (nSPS) is 16.8. The molecular weight excluding hydrogens is 408 g/mol. The van der Waals surface area contributed by atoms with E-state index in [1.54, 1.807) is 13.1 Å². The first-order valence-electron chi connectivity index (χ1n) is 10.4. The molecule has 1 aromatic rings. The highest BCUT2D eigenvalue weighted by atomic mass is 32.2. The van der Waals surface area contributed by atoms with Crippen molar-refractivity contribution < 1.29 is 13.2 Å². The average Bonchev–Trinajstić information content (AvgIpc) is 3.19. The fraction of sp³-hybridized carbons (Fsp3) is 0.750. The van der Waals surface area contributed by atoms with Crippen molar-refractivity contribution in [3.63, 3.8) is 0 Å².